The number of ether oxygens (including phenoxy) is 1. The molecular formula is C19H31N5O. The van der Waals surface area contributed by atoms with Crippen molar-refractivity contribution in [1.29, 1.82) is 0 Å². The largest absolute Gasteiger partial charge is 0.497 e. The first-order valence-electron chi connectivity index (χ1n) is 9.26. The highest BCUT2D eigenvalue weighted by atomic mass is 16.5. The van der Waals surface area contributed by atoms with Crippen LogP contribution in [0, 0.1) is 0 Å². The number of anilines is 1. The maximum atomic E-state index is 5.34. The van der Waals surface area contributed by atoms with Gasteiger partial charge in [0.2, 0.25) is 0 Å². The number of aliphatic imine (C=N–C) groups is 1. The molecule has 25 heavy (non-hydrogen) atoms. The number of methoxy groups -OCH3 is 1. The van der Waals surface area contributed by atoms with Crippen molar-refractivity contribution in [1.82, 2.24) is 15.1 Å². The smallest absolute Gasteiger partial charge is 0.193 e. The second-order valence-corrected chi connectivity index (χ2v) is 6.88. The van der Waals surface area contributed by atoms with Gasteiger partial charge in [-0.25, -0.2) is 0 Å². The normalized spacial score (nSPS) is 22.4. The molecule has 1 aromatic rings. The summed E-state index contributed by atoms with van der Waals surface area (Å²) in [5, 5.41) is 3.58. The van der Waals surface area contributed by atoms with Gasteiger partial charge in [0.25, 0.3) is 0 Å². The topological polar surface area (TPSA) is 43.3 Å². The third-order valence-corrected chi connectivity index (χ3v) is 5.38. The summed E-state index contributed by atoms with van der Waals surface area (Å²) in [5.74, 6) is 1.95. The maximum absolute atomic E-state index is 5.34. The predicted molar refractivity (Wildman–Crippen MR) is 104 cm³/mol. The molecule has 0 saturated carbocycles. The van der Waals surface area contributed by atoms with Gasteiger partial charge in [0.05, 0.1) is 7.11 Å². The summed E-state index contributed by atoms with van der Waals surface area (Å²) < 4.78 is 5.34. The molecule has 138 valence electrons. The van der Waals surface area contributed by atoms with Crippen LogP contribution in [0.25, 0.3) is 0 Å². The molecule has 1 aromatic carbocycles. The zero-order chi connectivity index (χ0) is 17.6. The van der Waals surface area contributed by atoms with Crippen LogP contribution in [-0.2, 0) is 0 Å². The molecule has 1 atom stereocenters. The molecule has 6 nitrogen and oxygen atoms in total. The van der Waals surface area contributed by atoms with E-state index in [0.29, 0.717) is 6.04 Å². The molecule has 2 aliphatic heterocycles. The van der Waals surface area contributed by atoms with E-state index in [4.69, 9.17) is 4.74 Å². The van der Waals surface area contributed by atoms with Gasteiger partial charge in [-0.3, -0.25) is 4.99 Å². The van der Waals surface area contributed by atoms with Gasteiger partial charge in [-0.1, -0.05) is 6.07 Å². The molecule has 1 N–H and O–H groups in total. The number of rotatable bonds is 4. The molecule has 0 aliphatic carbocycles. The van der Waals surface area contributed by atoms with Crippen LogP contribution in [0.5, 0.6) is 5.75 Å². The number of hydrogen-bond donors (Lipinski definition) is 1. The summed E-state index contributed by atoms with van der Waals surface area (Å²) in [6.45, 7) is 6.16. The molecule has 2 fully saturated rings. The van der Waals surface area contributed by atoms with E-state index in [1.807, 2.05) is 13.1 Å². The Balaban J connectivity index is 1.51. The van der Waals surface area contributed by atoms with Crippen molar-refractivity contribution in [3.05, 3.63) is 24.3 Å². The number of nitrogens with zero attached hydrogens (tertiary/aromatic N) is 4. The van der Waals surface area contributed by atoms with Crippen molar-refractivity contribution in [2.75, 3.05) is 65.4 Å². The van der Waals surface area contributed by atoms with Crippen LogP contribution < -0.4 is 15.0 Å². The highest BCUT2D eigenvalue weighted by Gasteiger charge is 2.23. The second-order valence-electron chi connectivity index (χ2n) is 6.88. The average Bonchev–Trinajstić information content (AvgIpc) is 3.08. The number of likely N-dealkylation sites (tertiary alicyclic amines) is 1. The zero-order valence-corrected chi connectivity index (χ0v) is 15.7. The SMILES string of the molecule is CN=C(NCC1CCCN1C)N1CCN(c2cccc(OC)c2)CC1. The summed E-state index contributed by atoms with van der Waals surface area (Å²) in [6.07, 6.45) is 2.59. The van der Waals surface area contributed by atoms with Crippen molar-refractivity contribution in [3.8, 4) is 5.75 Å². The van der Waals surface area contributed by atoms with Crippen molar-refractivity contribution in [2.45, 2.75) is 18.9 Å². The van der Waals surface area contributed by atoms with Crippen LogP contribution in [0.15, 0.2) is 29.3 Å². The third-order valence-electron chi connectivity index (χ3n) is 5.38. The lowest BCUT2D eigenvalue weighted by Crippen LogP contribution is -2.54. The lowest BCUT2D eigenvalue weighted by molar-refractivity contribution is 0.303. The van der Waals surface area contributed by atoms with Gasteiger partial charge in [0, 0.05) is 57.6 Å². The van der Waals surface area contributed by atoms with Gasteiger partial charge < -0.3 is 24.8 Å². The minimum atomic E-state index is 0.634. The van der Waals surface area contributed by atoms with E-state index in [1.54, 1.807) is 7.11 Å². The molecule has 1 unspecified atom stereocenters. The molecule has 0 aromatic heterocycles. The van der Waals surface area contributed by atoms with Crippen molar-refractivity contribution >= 4 is 11.6 Å². The molecule has 0 bridgehead atoms. The molecule has 0 amide bonds. The van der Waals surface area contributed by atoms with Crippen LogP contribution in [0.1, 0.15) is 12.8 Å². The summed E-state index contributed by atoms with van der Waals surface area (Å²) in [5.41, 5.74) is 1.23. The summed E-state index contributed by atoms with van der Waals surface area (Å²) in [6, 6.07) is 8.94. The van der Waals surface area contributed by atoms with E-state index in [0.717, 1.165) is 44.4 Å². The minimum Gasteiger partial charge on any atom is -0.497 e. The number of likely N-dealkylation sites (N-methyl/N-ethyl adjacent to an activating group) is 1. The van der Waals surface area contributed by atoms with Gasteiger partial charge >= 0.3 is 0 Å². The van der Waals surface area contributed by atoms with Gasteiger partial charge in [0.15, 0.2) is 5.96 Å². The standard InChI is InChI=1S/C19H31N5O/c1-20-19(21-15-17-7-5-9-22(17)2)24-12-10-23(11-13-24)16-6-4-8-18(14-16)25-3/h4,6,8,14,17H,5,7,9-13,15H2,1-3H3,(H,20,21). The summed E-state index contributed by atoms with van der Waals surface area (Å²) >= 11 is 0. The van der Waals surface area contributed by atoms with E-state index < -0.39 is 0 Å². The van der Waals surface area contributed by atoms with Crippen LogP contribution in [0.4, 0.5) is 5.69 Å². The molecule has 0 spiro atoms. The Morgan fingerprint density at radius 2 is 2.04 bits per heavy atom. The lowest BCUT2D eigenvalue weighted by Gasteiger charge is -2.38. The fraction of sp³-hybridized carbons (Fsp3) is 0.632. The molecular weight excluding hydrogens is 314 g/mol. The first kappa shape index (κ1) is 17.9. The molecule has 2 saturated heterocycles. The molecule has 0 radical (unpaired) electrons. The number of nitrogens with one attached hydrogen (secondary N) is 1. The number of guanidine groups is 1. The Bertz CT molecular complexity index is 583. The summed E-state index contributed by atoms with van der Waals surface area (Å²) in [4.78, 5) is 11.7. The highest BCUT2D eigenvalue weighted by molar-refractivity contribution is 5.80. The van der Waals surface area contributed by atoms with Crippen LogP contribution in [0.3, 0.4) is 0 Å². The quantitative estimate of drug-likeness (QED) is 0.662. The van der Waals surface area contributed by atoms with Gasteiger partial charge in [-0.15, -0.1) is 0 Å². The fourth-order valence-electron chi connectivity index (χ4n) is 3.76. The lowest BCUT2D eigenvalue weighted by atomic mass is 10.2. The van der Waals surface area contributed by atoms with Crippen molar-refractivity contribution < 1.29 is 4.74 Å². The number of benzene rings is 1. The van der Waals surface area contributed by atoms with Crippen LogP contribution in [0.2, 0.25) is 0 Å². The Morgan fingerprint density at radius 3 is 2.68 bits per heavy atom. The third kappa shape index (κ3) is 4.37. The zero-order valence-electron chi connectivity index (χ0n) is 15.7. The number of hydrogen-bond acceptors (Lipinski definition) is 4. The Hall–Kier alpha value is -1.95. The Morgan fingerprint density at radius 1 is 1.24 bits per heavy atom. The number of piperazine rings is 1. The fourth-order valence-corrected chi connectivity index (χ4v) is 3.76. The monoisotopic (exact) mass is 345 g/mol. The minimum absolute atomic E-state index is 0.634. The van der Waals surface area contributed by atoms with E-state index in [9.17, 15) is 0 Å². The van der Waals surface area contributed by atoms with E-state index >= 15 is 0 Å². The van der Waals surface area contributed by atoms with Crippen LogP contribution >= 0.6 is 0 Å². The molecule has 2 aliphatic rings. The van der Waals surface area contributed by atoms with Crippen molar-refractivity contribution in [2.24, 2.45) is 4.99 Å². The summed E-state index contributed by atoms with van der Waals surface area (Å²) in [7, 11) is 5.82. The van der Waals surface area contributed by atoms with Gasteiger partial charge in [0.1, 0.15) is 5.75 Å². The maximum Gasteiger partial charge on any atom is 0.193 e. The van der Waals surface area contributed by atoms with Gasteiger partial charge in [-0.2, -0.15) is 0 Å². The average molecular weight is 345 g/mol. The van der Waals surface area contributed by atoms with Crippen molar-refractivity contribution in [3.63, 3.8) is 0 Å². The Kier molecular flexibility index (Phi) is 6.02. The van der Waals surface area contributed by atoms with E-state index in [1.165, 1.54) is 25.1 Å². The van der Waals surface area contributed by atoms with E-state index in [2.05, 4.69) is 50.3 Å². The molecule has 2 heterocycles. The molecule has 6 heteroatoms. The first-order valence-corrected chi connectivity index (χ1v) is 9.26. The Labute approximate surface area is 151 Å². The van der Waals surface area contributed by atoms with E-state index in [-0.39, 0.29) is 0 Å². The highest BCUT2D eigenvalue weighted by Crippen LogP contribution is 2.22. The second kappa shape index (κ2) is 8.43. The first-order chi connectivity index (χ1) is 12.2. The predicted octanol–water partition coefficient (Wildman–Crippen LogP) is 1.49. The molecule has 3 rings (SSSR count). The van der Waals surface area contributed by atoms with Crippen LogP contribution in [-0.4, -0.2) is 82.3 Å². The van der Waals surface area contributed by atoms with Gasteiger partial charge in [-0.05, 0) is 38.6 Å².